The number of piperazine rings is 1. The third kappa shape index (κ3) is 4.42. The fraction of sp³-hybridized carbons (Fsp3) is 0.706. The van der Waals surface area contributed by atoms with Crippen LogP contribution in [0.15, 0.2) is 12.1 Å². The van der Waals surface area contributed by atoms with Crippen molar-refractivity contribution in [2.24, 2.45) is 0 Å². The summed E-state index contributed by atoms with van der Waals surface area (Å²) in [4.78, 5) is 7.27. The average Bonchev–Trinajstić information content (AvgIpc) is 2.48. The molecule has 0 aliphatic carbocycles. The lowest BCUT2D eigenvalue weighted by Gasteiger charge is -2.40. The highest BCUT2D eigenvalue weighted by Crippen LogP contribution is 2.19. The van der Waals surface area contributed by atoms with Gasteiger partial charge in [0.25, 0.3) is 0 Å². The van der Waals surface area contributed by atoms with E-state index in [9.17, 15) is 0 Å². The predicted octanol–water partition coefficient (Wildman–Crippen LogP) is 2.75. The lowest BCUT2D eigenvalue weighted by Crippen LogP contribution is -2.55. The van der Waals surface area contributed by atoms with Crippen molar-refractivity contribution in [2.45, 2.75) is 58.7 Å². The second kappa shape index (κ2) is 7.76. The van der Waals surface area contributed by atoms with Gasteiger partial charge in [-0.15, -0.1) is 0 Å². The summed E-state index contributed by atoms with van der Waals surface area (Å²) < 4.78 is 5.37. The summed E-state index contributed by atoms with van der Waals surface area (Å²) in [7, 11) is 1.72. The molecular formula is C17H29N3O. The third-order valence-corrected chi connectivity index (χ3v) is 4.31. The Morgan fingerprint density at radius 1 is 1.38 bits per heavy atom. The molecule has 0 spiro atoms. The van der Waals surface area contributed by atoms with E-state index >= 15 is 0 Å². The van der Waals surface area contributed by atoms with E-state index in [1.165, 1.54) is 19.3 Å². The Morgan fingerprint density at radius 3 is 2.86 bits per heavy atom. The molecule has 2 rings (SSSR count). The Morgan fingerprint density at radius 2 is 2.19 bits per heavy atom. The van der Waals surface area contributed by atoms with Gasteiger partial charge in [0, 0.05) is 49.5 Å². The topological polar surface area (TPSA) is 37.4 Å². The predicted molar refractivity (Wildman–Crippen MR) is 86.7 cm³/mol. The highest BCUT2D eigenvalue weighted by atomic mass is 16.5. The van der Waals surface area contributed by atoms with Crippen molar-refractivity contribution in [1.29, 1.82) is 0 Å². The Labute approximate surface area is 128 Å². The van der Waals surface area contributed by atoms with Gasteiger partial charge in [0.1, 0.15) is 5.75 Å². The second-order valence-corrected chi connectivity index (χ2v) is 6.03. The first-order valence-electron chi connectivity index (χ1n) is 8.15. The van der Waals surface area contributed by atoms with Gasteiger partial charge in [0.2, 0.25) is 0 Å². The Balaban J connectivity index is 2.11. The van der Waals surface area contributed by atoms with Gasteiger partial charge in [-0.05, 0) is 19.8 Å². The van der Waals surface area contributed by atoms with Gasteiger partial charge in [-0.2, -0.15) is 0 Å². The van der Waals surface area contributed by atoms with Crippen LogP contribution in [0.25, 0.3) is 0 Å². The average molecular weight is 291 g/mol. The number of rotatable bonds is 6. The van der Waals surface area contributed by atoms with Gasteiger partial charge >= 0.3 is 0 Å². The lowest BCUT2D eigenvalue weighted by atomic mass is 10.0. The maximum atomic E-state index is 5.37. The van der Waals surface area contributed by atoms with Crippen LogP contribution in [0.5, 0.6) is 5.75 Å². The standard InChI is InChI=1S/C17H29N3O/c1-5-7-16-10-18-14(6-2)11-20(16)12-15-9-17(21-4)8-13(3)19-15/h8-9,14,16,18H,5-7,10-12H2,1-4H3. The zero-order valence-electron chi connectivity index (χ0n) is 13.9. The molecule has 21 heavy (non-hydrogen) atoms. The molecule has 4 nitrogen and oxygen atoms in total. The largest absolute Gasteiger partial charge is 0.497 e. The van der Waals surface area contributed by atoms with Crippen LogP contribution in [0.1, 0.15) is 44.5 Å². The van der Waals surface area contributed by atoms with Crippen molar-refractivity contribution in [3.05, 3.63) is 23.5 Å². The molecule has 1 aliphatic rings. The second-order valence-electron chi connectivity index (χ2n) is 6.03. The summed E-state index contributed by atoms with van der Waals surface area (Å²) >= 11 is 0. The summed E-state index contributed by atoms with van der Waals surface area (Å²) in [5.74, 6) is 0.909. The number of hydrogen-bond acceptors (Lipinski definition) is 4. The molecule has 1 aromatic rings. The highest BCUT2D eigenvalue weighted by molar-refractivity contribution is 5.26. The van der Waals surface area contributed by atoms with Crippen molar-refractivity contribution in [3.63, 3.8) is 0 Å². The Bertz CT molecular complexity index is 450. The molecule has 1 fully saturated rings. The van der Waals surface area contributed by atoms with Crippen molar-refractivity contribution in [1.82, 2.24) is 15.2 Å². The molecule has 0 amide bonds. The molecule has 0 bridgehead atoms. The van der Waals surface area contributed by atoms with E-state index in [-0.39, 0.29) is 0 Å². The molecule has 1 saturated heterocycles. The van der Waals surface area contributed by atoms with Gasteiger partial charge in [-0.25, -0.2) is 0 Å². The summed E-state index contributed by atoms with van der Waals surface area (Å²) in [5.41, 5.74) is 2.14. The molecular weight excluding hydrogens is 262 g/mol. The SMILES string of the molecule is CCCC1CNC(CC)CN1Cc1cc(OC)cc(C)n1. The van der Waals surface area contributed by atoms with Crippen LogP contribution in [0.3, 0.4) is 0 Å². The Kier molecular flexibility index (Phi) is 6.00. The molecule has 0 saturated carbocycles. The zero-order chi connectivity index (χ0) is 15.2. The van der Waals surface area contributed by atoms with Gasteiger partial charge in [0.05, 0.1) is 12.8 Å². The maximum Gasteiger partial charge on any atom is 0.122 e. The van der Waals surface area contributed by atoms with E-state index in [4.69, 9.17) is 4.74 Å². The number of nitrogens with one attached hydrogen (secondary N) is 1. The molecule has 4 heteroatoms. The summed E-state index contributed by atoms with van der Waals surface area (Å²) in [6.45, 7) is 9.67. The number of methoxy groups -OCH3 is 1. The molecule has 1 aromatic heterocycles. The minimum absolute atomic E-state index is 0.602. The minimum Gasteiger partial charge on any atom is -0.497 e. The zero-order valence-corrected chi connectivity index (χ0v) is 13.9. The highest BCUT2D eigenvalue weighted by Gasteiger charge is 2.26. The first-order valence-corrected chi connectivity index (χ1v) is 8.15. The van der Waals surface area contributed by atoms with E-state index in [1.807, 2.05) is 13.0 Å². The van der Waals surface area contributed by atoms with E-state index in [1.54, 1.807) is 7.11 Å². The quantitative estimate of drug-likeness (QED) is 0.874. The normalized spacial score (nSPS) is 23.2. The van der Waals surface area contributed by atoms with Crippen molar-refractivity contribution in [2.75, 3.05) is 20.2 Å². The minimum atomic E-state index is 0.602. The molecule has 2 unspecified atom stereocenters. The molecule has 1 N–H and O–H groups in total. The van der Waals surface area contributed by atoms with E-state index in [2.05, 4.69) is 35.1 Å². The molecule has 1 aliphatic heterocycles. The van der Waals surface area contributed by atoms with Crippen LogP contribution >= 0.6 is 0 Å². The summed E-state index contributed by atoms with van der Waals surface area (Å²) in [5, 5.41) is 3.67. The Hall–Kier alpha value is -1.13. The van der Waals surface area contributed by atoms with Crippen molar-refractivity contribution in [3.8, 4) is 5.75 Å². The van der Waals surface area contributed by atoms with E-state index < -0.39 is 0 Å². The summed E-state index contributed by atoms with van der Waals surface area (Å²) in [6, 6.07) is 5.27. The molecule has 2 heterocycles. The number of hydrogen-bond donors (Lipinski definition) is 1. The van der Waals surface area contributed by atoms with Crippen LogP contribution in [-0.4, -0.2) is 42.2 Å². The first-order chi connectivity index (χ1) is 10.2. The third-order valence-electron chi connectivity index (χ3n) is 4.31. The van der Waals surface area contributed by atoms with Crippen molar-refractivity contribution >= 4 is 0 Å². The number of nitrogens with zero attached hydrogens (tertiary/aromatic N) is 2. The number of ether oxygens (including phenoxy) is 1. The van der Waals surface area contributed by atoms with Crippen LogP contribution in [0.4, 0.5) is 0 Å². The van der Waals surface area contributed by atoms with Gasteiger partial charge in [0.15, 0.2) is 0 Å². The lowest BCUT2D eigenvalue weighted by molar-refractivity contribution is 0.112. The molecule has 0 radical (unpaired) electrons. The number of pyridine rings is 1. The van der Waals surface area contributed by atoms with Crippen LogP contribution in [0, 0.1) is 6.92 Å². The molecule has 0 aromatic carbocycles. The monoisotopic (exact) mass is 291 g/mol. The molecule has 2 atom stereocenters. The van der Waals surface area contributed by atoms with Crippen LogP contribution < -0.4 is 10.1 Å². The smallest absolute Gasteiger partial charge is 0.122 e. The molecule has 118 valence electrons. The maximum absolute atomic E-state index is 5.37. The van der Waals surface area contributed by atoms with E-state index in [0.717, 1.165) is 36.8 Å². The van der Waals surface area contributed by atoms with Crippen LogP contribution in [-0.2, 0) is 6.54 Å². The first kappa shape index (κ1) is 16.2. The number of aryl methyl sites for hydroxylation is 1. The van der Waals surface area contributed by atoms with Crippen molar-refractivity contribution < 1.29 is 4.74 Å². The summed E-state index contributed by atoms with van der Waals surface area (Å²) in [6.07, 6.45) is 3.65. The van der Waals surface area contributed by atoms with Crippen LogP contribution in [0.2, 0.25) is 0 Å². The van der Waals surface area contributed by atoms with Gasteiger partial charge in [-0.1, -0.05) is 20.3 Å². The number of aromatic nitrogens is 1. The fourth-order valence-electron chi connectivity index (χ4n) is 3.12. The fourth-order valence-corrected chi connectivity index (χ4v) is 3.12. The van der Waals surface area contributed by atoms with E-state index in [0.29, 0.717) is 12.1 Å². The van der Waals surface area contributed by atoms with Gasteiger partial charge in [-0.3, -0.25) is 9.88 Å². The van der Waals surface area contributed by atoms with Gasteiger partial charge < -0.3 is 10.1 Å².